The highest BCUT2D eigenvalue weighted by molar-refractivity contribution is 5.82. The Morgan fingerprint density at radius 3 is 2.46 bits per heavy atom. The maximum absolute atomic E-state index is 11.7. The molecule has 0 unspecified atom stereocenters. The van der Waals surface area contributed by atoms with Crippen molar-refractivity contribution in [1.82, 2.24) is 4.90 Å². The van der Waals surface area contributed by atoms with E-state index in [9.17, 15) is 4.79 Å². The fourth-order valence-electron chi connectivity index (χ4n) is 1.65. The molecule has 2 N–H and O–H groups in total. The van der Waals surface area contributed by atoms with Crippen molar-refractivity contribution in [2.75, 3.05) is 13.1 Å². The third-order valence-electron chi connectivity index (χ3n) is 2.96. The van der Waals surface area contributed by atoms with Crippen molar-refractivity contribution in [3.8, 4) is 0 Å². The van der Waals surface area contributed by atoms with Gasteiger partial charge >= 0.3 is 0 Å². The lowest BCUT2D eigenvalue weighted by atomic mass is 9.99. The fourth-order valence-corrected chi connectivity index (χ4v) is 1.65. The van der Waals surface area contributed by atoms with E-state index < -0.39 is 0 Å². The molecule has 0 bridgehead atoms. The first-order chi connectivity index (χ1) is 6.16. The van der Waals surface area contributed by atoms with Crippen LogP contribution < -0.4 is 5.73 Å². The highest BCUT2D eigenvalue weighted by atomic mass is 16.2. The summed E-state index contributed by atoms with van der Waals surface area (Å²) in [5.41, 5.74) is 5.86. The van der Waals surface area contributed by atoms with E-state index in [4.69, 9.17) is 5.73 Å². The first-order valence-corrected chi connectivity index (χ1v) is 5.21. The maximum Gasteiger partial charge on any atom is 0.239 e. The van der Waals surface area contributed by atoms with Crippen LogP contribution in [0, 0.1) is 5.92 Å². The highest BCUT2D eigenvalue weighted by Gasteiger charge is 2.26. The van der Waals surface area contributed by atoms with Gasteiger partial charge in [-0.25, -0.2) is 0 Å². The second-order valence-corrected chi connectivity index (χ2v) is 3.94. The van der Waals surface area contributed by atoms with Gasteiger partial charge in [0, 0.05) is 13.1 Å². The van der Waals surface area contributed by atoms with E-state index in [0.717, 1.165) is 32.4 Å². The van der Waals surface area contributed by atoms with Gasteiger partial charge in [-0.3, -0.25) is 4.79 Å². The van der Waals surface area contributed by atoms with Crippen molar-refractivity contribution in [2.45, 2.75) is 39.2 Å². The Kier molecular flexibility index (Phi) is 3.72. The van der Waals surface area contributed by atoms with Gasteiger partial charge in [-0.1, -0.05) is 20.3 Å². The van der Waals surface area contributed by atoms with E-state index in [-0.39, 0.29) is 11.9 Å². The van der Waals surface area contributed by atoms with E-state index in [1.54, 1.807) is 0 Å². The average Bonchev–Trinajstić information content (AvgIpc) is 2.67. The molecule has 2 atom stereocenters. The van der Waals surface area contributed by atoms with Crippen LogP contribution in [0.15, 0.2) is 0 Å². The zero-order chi connectivity index (χ0) is 9.84. The molecule has 3 nitrogen and oxygen atoms in total. The van der Waals surface area contributed by atoms with Crippen LogP contribution >= 0.6 is 0 Å². The largest absolute Gasteiger partial charge is 0.341 e. The van der Waals surface area contributed by atoms with Crippen LogP contribution in [0.5, 0.6) is 0 Å². The molecule has 3 heteroatoms. The van der Waals surface area contributed by atoms with E-state index in [1.165, 1.54) is 0 Å². The predicted octanol–water partition coefficient (Wildman–Crippen LogP) is 0.982. The molecule has 76 valence electrons. The molecule has 0 aliphatic carbocycles. The number of hydrogen-bond donors (Lipinski definition) is 1. The van der Waals surface area contributed by atoms with E-state index in [1.807, 2.05) is 11.8 Å². The third-order valence-corrected chi connectivity index (χ3v) is 2.96. The Labute approximate surface area is 80.3 Å². The summed E-state index contributed by atoms with van der Waals surface area (Å²) in [7, 11) is 0. The molecule has 0 radical (unpaired) electrons. The van der Waals surface area contributed by atoms with Gasteiger partial charge in [-0.15, -0.1) is 0 Å². The van der Waals surface area contributed by atoms with Crippen molar-refractivity contribution >= 4 is 5.91 Å². The number of nitrogens with zero attached hydrogens (tertiary/aromatic N) is 1. The molecule has 1 fully saturated rings. The first-order valence-electron chi connectivity index (χ1n) is 5.21. The van der Waals surface area contributed by atoms with E-state index >= 15 is 0 Å². The highest BCUT2D eigenvalue weighted by Crippen LogP contribution is 2.13. The Bertz CT molecular complexity index is 176. The number of carbonyl (C=O) groups excluding carboxylic acids is 1. The Morgan fingerprint density at radius 2 is 2.00 bits per heavy atom. The molecular formula is C10H20N2O. The Morgan fingerprint density at radius 1 is 1.46 bits per heavy atom. The monoisotopic (exact) mass is 184 g/mol. The topological polar surface area (TPSA) is 46.3 Å². The molecule has 0 aromatic rings. The Hall–Kier alpha value is -0.570. The number of likely N-dealkylation sites (tertiary alicyclic amines) is 1. The summed E-state index contributed by atoms with van der Waals surface area (Å²) in [6.07, 6.45) is 3.25. The zero-order valence-corrected chi connectivity index (χ0v) is 8.62. The maximum atomic E-state index is 11.7. The number of amides is 1. The second kappa shape index (κ2) is 4.61. The number of nitrogens with two attached hydrogens (primary N) is 1. The van der Waals surface area contributed by atoms with Crippen LogP contribution in [0.2, 0.25) is 0 Å². The minimum atomic E-state index is -0.289. The van der Waals surface area contributed by atoms with E-state index in [0.29, 0.717) is 5.92 Å². The molecule has 1 aliphatic rings. The lowest BCUT2D eigenvalue weighted by Crippen LogP contribution is -2.45. The third kappa shape index (κ3) is 2.44. The standard InChI is InChI=1S/C10H20N2O/c1-3-8(2)9(11)10(13)12-6-4-5-7-12/h8-9H,3-7,11H2,1-2H3/t8-,9+/m1/s1. The molecule has 13 heavy (non-hydrogen) atoms. The van der Waals surface area contributed by atoms with Crippen LogP contribution in [0.3, 0.4) is 0 Å². The van der Waals surface area contributed by atoms with Gasteiger partial charge in [-0.2, -0.15) is 0 Å². The zero-order valence-electron chi connectivity index (χ0n) is 8.62. The summed E-state index contributed by atoms with van der Waals surface area (Å²) in [5, 5.41) is 0. The summed E-state index contributed by atoms with van der Waals surface area (Å²) >= 11 is 0. The van der Waals surface area contributed by atoms with Crippen LogP contribution in [0.4, 0.5) is 0 Å². The average molecular weight is 184 g/mol. The molecule has 0 spiro atoms. The summed E-state index contributed by atoms with van der Waals surface area (Å²) in [5.74, 6) is 0.444. The van der Waals surface area contributed by atoms with Crippen LogP contribution in [0.1, 0.15) is 33.1 Å². The quantitative estimate of drug-likeness (QED) is 0.710. The van der Waals surface area contributed by atoms with Crippen molar-refractivity contribution in [1.29, 1.82) is 0 Å². The van der Waals surface area contributed by atoms with Crippen molar-refractivity contribution < 1.29 is 4.79 Å². The van der Waals surface area contributed by atoms with Gasteiger partial charge < -0.3 is 10.6 Å². The normalized spacial score (nSPS) is 21.6. The molecule has 0 saturated carbocycles. The van der Waals surface area contributed by atoms with Gasteiger partial charge in [-0.05, 0) is 18.8 Å². The van der Waals surface area contributed by atoms with Gasteiger partial charge in [0.1, 0.15) is 0 Å². The molecule has 1 aliphatic heterocycles. The van der Waals surface area contributed by atoms with Gasteiger partial charge in [0.25, 0.3) is 0 Å². The second-order valence-electron chi connectivity index (χ2n) is 3.94. The SMILES string of the molecule is CC[C@@H](C)[C@H](N)C(=O)N1CCCC1. The minimum absolute atomic E-state index is 0.145. The molecular weight excluding hydrogens is 164 g/mol. The van der Waals surface area contributed by atoms with Gasteiger partial charge in [0.2, 0.25) is 5.91 Å². The van der Waals surface area contributed by atoms with Crippen LogP contribution in [0.25, 0.3) is 0 Å². The Balaban J connectivity index is 2.45. The van der Waals surface area contributed by atoms with Crippen LogP contribution in [-0.2, 0) is 4.79 Å². The lowest BCUT2D eigenvalue weighted by molar-refractivity contribution is -0.132. The molecule has 1 heterocycles. The smallest absolute Gasteiger partial charge is 0.239 e. The summed E-state index contributed by atoms with van der Waals surface area (Å²) < 4.78 is 0. The van der Waals surface area contributed by atoms with Crippen molar-refractivity contribution in [3.63, 3.8) is 0 Å². The van der Waals surface area contributed by atoms with Crippen molar-refractivity contribution in [3.05, 3.63) is 0 Å². The predicted molar refractivity (Wildman–Crippen MR) is 53.2 cm³/mol. The summed E-state index contributed by atoms with van der Waals surface area (Å²) in [6, 6.07) is -0.289. The lowest BCUT2D eigenvalue weighted by Gasteiger charge is -2.23. The fraction of sp³-hybridized carbons (Fsp3) is 0.900. The summed E-state index contributed by atoms with van der Waals surface area (Å²) in [4.78, 5) is 13.6. The minimum Gasteiger partial charge on any atom is -0.341 e. The number of carbonyl (C=O) groups is 1. The molecule has 1 saturated heterocycles. The number of rotatable bonds is 3. The van der Waals surface area contributed by atoms with E-state index in [2.05, 4.69) is 6.92 Å². The molecule has 0 aromatic carbocycles. The van der Waals surface area contributed by atoms with Gasteiger partial charge in [0.05, 0.1) is 6.04 Å². The van der Waals surface area contributed by atoms with Crippen LogP contribution in [-0.4, -0.2) is 29.9 Å². The summed E-state index contributed by atoms with van der Waals surface area (Å²) in [6.45, 7) is 5.92. The van der Waals surface area contributed by atoms with Gasteiger partial charge in [0.15, 0.2) is 0 Å². The van der Waals surface area contributed by atoms with Crippen molar-refractivity contribution in [2.24, 2.45) is 11.7 Å². The molecule has 1 amide bonds. The number of hydrogen-bond acceptors (Lipinski definition) is 2. The first kappa shape index (κ1) is 10.5. The molecule has 1 rings (SSSR count). The molecule has 0 aromatic heterocycles.